The number of hydrogen-bond donors (Lipinski definition) is 1. The average Bonchev–Trinajstić information content (AvgIpc) is 2.31. The van der Waals surface area contributed by atoms with Gasteiger partial charge in [-0.2, -0.15) is 0 Å². The van der Waals surface area contributed by atoms with Gasteiger partial charge in [0.25, 0.3) is 0 Å². The van der Waals surface area contributed by atoms with Crippen molar-refractivity contribution in [3.63, 3.8) is 0 Å². The molecule has 0 aliphatic carbocycles. The van der Waals surface area contributed by atoms with E-state index < -0.39 is 0 Å². The highest BCUT2D eigenvalue weighted by Gasteiger charge is 2.12. The molecular formula is C14H23NO2. The molecule has 17 heavy (non-hydrogen) atoms. The van der Waals surface area contributed by atoms with Crippen LogP contribution in [0.15, 0.2) is 12.1 Å². The average molecular weight is 237 g/mol. The molecule has 0 aliphatic heterocycles. The first-order valence-electron chi connectivity index (χ1n) is 6.04. The predicted molar refractivity (Wildman–Crippen MR) is 70.8 cm³/mol. The van der Waals surface area contributed by atoms with Gasteiger partial charge in [0.2, 0.25) is 0 Å². The maximum Gasteiger partial charge on any atom is 0.126 e. The largest absolute Gasteiger partial charge is 0.497 e. The van der Waals surface area contributed by atoms with E-state index in [9.17, 15) is 0 Å². The maximum atomic E-state index is 5.59. The van der Waals surface area contributed by atoms with Gasteiger partial charge in [0.05, 0.1) is 14.2 Å². The summed E-state index contributed by atoms with van der Waals surface area (Å²) in [5, 5.41) is 0. The van der Waals surface area contributed by atoms with Crippen LogP contribution in [0.4, 0.5) is 0 Å². The lowest BCUT2D eigenvalue weighted by Gasteiger charge is -2.17. The molecule has 0 aliphatic rings. The zero-order chi connectivity index (χ0) is 12.8. The summed E-state index contributed by atoms with van der Waals surface area (Å²) < 4.78 is 10.7. The lowest BCUT2D eigenvalue weighted by Crippen LogP contribution is -2.09. The Kier molecular flexibility index (Phi) is 5.29. The summed E-state index contributed by atoms with van der Waals surface area (Å²) >= 11 is 0. The van der Waals surface area contributed by atoms with E-state index in [0.29, 0.717) is 5.92 Å². The number of nitrogens with two attached hydrogens (primary N) is 1. The summed E-state index contributed by atoms with van der Waals surface area (Å²) in [5.41, 5.74) is 8.06. The number of methoxy groups -OCH3 is 2. The fourth-order valence-electron chi connectivity index (χ4n) is 2.05. The van der Waals surface area contributed by atoms with Crippen molar-refractivity contribution in [3.8, 4) is 11.5 Å². The van der Waals surface area contributed by atoms with Crippen LogP contribution in [0.3, 0.4) is 0 Å². The van der Waals surface area contributed by atoms with E-state index in [-0.39, 0.29) is 0 Å². The van der Waals surface area contributed by atoms with Gasteiger partial charge in [-0.15, -0.1) is 0 Å². The van der Waals surface area contributed by atoms with E-state index in [1.807, 2.05) is 12.1 Å². The van der Waals surface area contributed by atoms with E-state index in [4.69, 9.17) is 15.2 Å². The molecule has 1 aromatic carbocycles. The third-order valence-electron chi connectivity index (χ3n) is 3.07. The number of ether oxygens (including phenoxy) is 2. The second-order valence-electron chi connectivity index (χ2n) is 4.51. The van der Waals surface area contributed by atoms with E-state index in [1.165, 1.54) is 11.1 Å². The van der Waals surface area contributed by atoms with Gasteiger partial charge in [0.1, 0.15) is 11.5 Å². The molecule has 2 N–H and O–H groups in total. The summed E-state index contributed by atoms with van der Waals surface area (Å²) in [4.78, 5) is 0. The molecule has 0 saturated carbocycles. The second kappa shape index (κ2) is 6.50. The summed E-state index contributed by atoms with van der Waals surface area (Å²) in [6.07, 6.45) is 2.03. The lowest BCUT2D eigenvalue weighted by atomic mass is 9.94. The molecule has 1 aromatic rings. The Bertz CT molecular complexity index is 363. The summed E-state index contributed by atoms with van der Waals surface area (Å²) in [6, 6.07) is 3.99. The van der Waals surface area contributed by atoms with E-state index in [1.54, 1.807) is 14.2 Å². The van der Waals surface area contributed by atoms with E-state index in [0.717, 1.165) is 30.9 Å². The van der Waals surface area contributed by atoms with Crippen LogP contribution in [-0.2, 0) is 6.42 Å². The first-order chi connectivity index (χ1) is 8.12. The summed E-state index contributed by atoms with van der Waals surface area (Å²) in [7, 11) is 3.37. The molecule has 1 rings (SSSR count). The summed E-state index contributed by atoms with van der Waals surface area (Å²) in [5.74, 6) is 2.32. The molecule has 3 nitrogen and oxygen atoms in total. The molecule has 0 spiro atoms. The first kappa shape index (κ1) is 13.8. The highest BCUT2D eigenvalue weighted by Crippen LogP contribution is 2.30. The van der Waals surface area contributed by atoms with Crippen molar-refractivity contribution in [2.24, 2.45) is 11.7 Å². The molecule has 0 bridgehead atoms. The Morgan fingerprint density at radius 3 is 2.47 bits per heavy atom. The molecule has 0 aromatic heterocycles. The Morgan fingerprint density at radius 1 is 1.24 bits per heavy atom. The third kappa shape index (κ3) is 3.63. The van der Waals surface area contributed by atoms with E-state index in [2.05, 4.69) is 13.8 Å². The molecule has 1 atom stereocenters. The number of aryl methyl sites for hydroxylation is 1. The topological polar surface area (TPSA) is 44.5 Å². The fraction of sp³-hybridized carbons (Fsp3) is 0.571. The van der Waals surface area contributed by atoms with Crippen LogP contribution in [0, 0.1) is 12.8 Å². The fourth-order valence-corrected chi connectivity index (χ4v) is 2.05. The molecule has 0 radical (unpaired) electrons. The van der Waals surface area contributed by atoms with Crippen LogP contribution in [0.25, 0.3) is 0 Å². The molecule has 0 heterocycles. The zero-order valence-corrected chi connectivity index (χ0v) is 11.2. The predicted octanol–water partition coefficient (Wildman–Crippen LogP) is 2.54. The smallest absolute Gasteiger partial charge is 0.126 e. The van der Waals surface area contributed by atoms with Gasteiger partial charge in [-0.1, -0.05) is 6.92 Å². The minimum atomic E-state index is 0.570. The highest BCUT2D eigenvalue weighted by atomic mass is 16.5. The van der Waals surface area contributed by atoms with Crippen molar-refractivity contribution in [1.29, 1.82) is 0 Å². The normalized spacial score (nSPS) is 12.3. The van der Waals surface area contributed by atoms with Gasteiger partial charge >= 0.3 is 0 Å². The van der Waals surface area contributed by atoms with Gasteiger partial charge in [-0.05, 0) is 49.4 Å². The number of hydrogen-bond acceptors (Lipinski definition) is 3. The van der Waals surface area contributed by atoms with Gasteiger partial charge in [0.15, 0.2) is 0 Å². The van der Waals surface area contributed by atoms with Crippen molar-refractivity contribution in [1.82, 2.24) is 0 Å². The van der Waals surface area contributed by atoms with Gasteiger partial charge in [0, 0.05) is 6.07 Å². The Balaban J connectivity index is 2.97. The maximum absolute atomic E-state index is 5.59. The van der Waals surface area contributed by atoms with Crippen LogP contribution in [-0.4, -0.2) is 20.8 Å². The number of rotatable bonds is 6. The van der Waals surface area contributed by atoms with Gasteiger partial charge in [-0.3, -0.25) is 0 Å². The lowest BCUT2D eigenvalue weighted by molar-refractivity contribution is 0.387. The zero-order valence-electron chi connectivity index (χ0n) is 11.2. The van der Waals surface area contributed by atoms with Gasteiger partial charge in [-0.25, -0.2) is 0 Å². The Hall–Kier alpha value is -1.22. The molecular weight excluding hydrogens is 214 g/mol. The molecule has 3 heteroatoms. The third-order valence-corrected chi connectivity index (χ3v) is 3.07. The van der Waals surface area contributed by atoms with Crippen molar-refractivity contribution >= 4 is 0 Å². The molecule has 0 amide bonds. The first-order valence-corrected chi connectivity index (χ1v) is 6.04. The van der Waals surface area contributed by atoms with Crippen LogP contribution in [0.5, 0.6) is 11.5 Å². The van der Waals surface area contributed by atoms with E-state index >= 15 is 0 Å². The minimum absolute atomic E-state index is 0.570. The molecule has 0 saturated heterocycles. The molecule has 96 valence electrons. The Labute approximate surface area is 104 Å². The van der Waals surface area contributed by atoms with Crippen molar-refractivity contribution in [2.45, 2.75) is 26.7 Å². The highest BCUT2D eigenvalue weighted by molar-refractivity contribution is 5.46. The quantitative estimate of drug-likeness (QED) is 0.827. The van der Waals surface area contributed by atoms with Crippen molar-refractivity contribution in [3.05, 3.63) is 23.3 Å². The SMILES string of the molecule is COc1cc(C)c(CC(C)CCN)c(OC)c1. The van der Waals surface area contributed by atoms with Crippen LogP contribution >= 0.6 is 0 Å². The molecule has 0 fully saturated rings. The standard InChI is InChI=1S/C14H23NO2/c1-10(5-6-15)7-13-11(2)8-12(16-3)9-14(13)17-4/h8-10H,5-7,15H2,1-4H3. The van der Waals surface area contributed by atoms with Crippen LogP contribution < -0.4 is 15.2 Å². The molecule has 1 unspecified atom stereocenters. The van der Waals surface area contributed by atoms with Crippen LogP contribution in [0.1, 0.15) is 24.5 Å². The van der Waals surface area contributed by atoms with Gasteiger partial charge < -0.3 is 15.2 Å². The van der Waals surface area contributed by atoms with Crippen LogP contribution in [0.2, 0.25) is 0 Å². The minimum Gasteiger partial charge on any atom is -0.497 e. The Morgan fingerprint density at radius 2 is 1.94 bits per heavy atom. The van der Waals surface area contributed by atoms with Crippen molar-refractivity contribution in [2.75, 3.05) is 20.8 Å². The summed E-state index contributed by atoms with van der Waals surface area (Å²) in [6.45, 7) is 5.05. The number of benzene rings is 1. The van der Waals surface area contributed by atoms with Crippen molar-refractivity contribution < 1.29 is 9.47 Å². The monoisotopic (exact) mass is 237 g/mol. The second-order valence-corrected chi connectivity index (χ2v) is 4.51.